The quantitative estimate of drug-likeness (QED) is 0.505. The maximum Gasteiger partial charge on any atom is 0.377 e. The largest absolute Gasteiger partial charge is 0.481 e. The van der Waals surface area contributed by atoms with E-state index in [-0.39, 0.29) is 5.56 Å². The Kier molecular flexibility index (Phi) is 5.36. The van der Waals surface area contributed by atoms with Crippen LogP contribution in [0.3, 0.4) is 0 Å². The molecule has 0 saturated heterocycles. The minimum Gasteiger partial charge on any atom is -0.481 e. The van der Waals surface area contributed by atoms with Crippen LogP contribution in [0, 0.1) is 0 Å². The summed E-state index contributed by atoms with van der Waals surface area (Å²) in [4.78, 5) is 44.5. The summed E-state index contributed by atoms with van der Waals surface area (Å²) >= 11 is 0. The van der Waals surface area contributed by atoms with Crippen molar-refractivity contribution in [2.75, 3.05) is 0 Å². The van der Waals surface area contributed by atoms with E-state index in [4.69, 9.17) is 15.3 Å². The molecule has 1 aromatic rings. The minimum absolute atomic E-state index is 0.118. The van der Waals surface area contributed by atoms with Crippen molar-refractivity contribution in [1.29, 1.82) is 0 Å². The van der Waals surface area contributed by atoms with Crippen LogP contribution >= 0.6 is 0 Å². The zero-order valence-electron chi connectivity index (χ0n) is 10.8. The van der Waals surface area contributed by atoms with Gasteiger partial charge in [0, 0.05) is 17.6 Å². The number of rotatable bonds is 7. The van der Waals surface area contributed by atoms with Crippen LogP contribution in [0.2, 0.25) is 0 Å². The molecule has 1 rings (SSSR count). The lowest BCUT2D eigenvalue weighted by molar-refractivity contribution is -0.146. The van der Waals surface area contributed by atoms with Gasteiger partial charge in [-0.3, -0.25) is 9.59 Å². The van der Waals surface area contributed by atoms with E-state index in [0.29, 0.717) is 0 Å². The number of hydrogen-bond donors (Lipinski definition) is 3. The lowest BCUT2D eigenvalue weighted by atomic mass is 9.93. The highest BCUT2D eigenvalue weighted by atomic mass is 16.4. The summed E-state index contributed by atoms with van der Waals surface area (Å²) in [5.74, 6) is -5.96. The second-order valence-corrected chi connectivity index (χ2v) is 4.05. The highest BCUT2D eigenvalue weighted by Crippen LogP contribution is 2.23. The molecule has 0 aliphatic heterocycles. The maximum absolute atomic E-state index is 11.8. The molecule has 3 N–H and O–H groups in total. The number of carboxylic acid groups (broad SMARTS) is 3. The Bertz CT molecular complexity index is 613. The number of aliphatic carboxylic acids is 3. The van der Waals surface area contributed by atoms with Crippen LogP contribution in [0.4, 0.5) is 0 Å². The average molecular weight is 292 g/mol. The zero-order valence-corrected chi connectivity index (χ0v) is 10.8. The summed E-state index contributed by atoms with van der Waals surface area (Å²) in [6, 6.07) is 7.42. The summed E-state index contributed by atoms with van der Waals surface area (Å²) in [5, 5.41) is 26.6. The molecule has 0 saturated carbocycles. The molecule has 0 aromatic heterocycles. The predicted molar refractivity (Wildman–Crippen MR) is 70.5 cm³/mol. The summed E-state index contributed by atoms with van der Waals surface area (Å²) in [5.41, 5.74) is -0.916. The third-order valence-corrected chi connectivity index (χ3v) is 2.63. The van der Waals surface area contributed by atoms with Gasteiger partial charge in [-0.2, -0.15) is 0 Å². The molecule has 0 spiro atoms. The summed E-state index contributed by atoms with van der Waals surface area (Å²) in [7, 11) is 0. The average Bonchev–Trinajstić information content (AvgIpc) is 2.42. The predicted octanol–water partition coefficient (Wildman–Crippen LogP) is 1.04. The van der Waals surface area contributed by atoms with Crippen molar-refractivity contribution in [3.8, 4) is 0 Å². The Morgan fingerprint density at radius 2 is 1.38 bits per heavy atom. The SMILES string of the molecule is O=C(O)CCC(C(=O)O)=C(C(=O)C(=O)O)c1ccccc1. The molecule has 0 unspecified atom stereocenters. The molecular formula is C14H12O7. The van der Waals surface area contributed by atoms with E-state index in [1.807, 2.05) is 0 Å². The first-order valence-electron chi connectivity index (χ1n) is 5.86. The second-order valence-electron chi connectivity index (χ2n) is 4.05. The van der Waals surface area contributed by atoms with Gasteiger partial charge in [0.15, 0.2) is 0 Å². The Morgan fingerprint density at radius 3 is 1.81 bits per heavy atom. The van der Waals surface area contributed by atoms with Crippen LogP contribution < -0.4 is 0 Å². The van der Waals surface area contributed by atoms with E-state index < -0.39 is 47.7 Å². The van der Waals surface area contributed by atoms with Gasteiger partial charge < -0.3 is 15.3 Å². The van der Waals surface area contributed by atoms with Gasteiger partial charge in [0.25, 0.3) is 5.78 Å². The molecule has 7 nitrogen and oxygen atoms in total. The van der Waals surface area contributed by atoms with Crippen LogP contribution in [0.1, 0.15) is 18.4 Å². The molecule has 1 aromatic carbocycles. The lowest BCUT2D eigenvalue weighted by Gasteiger charge is -2.09. The van der Waals surface area contributed by atoms with E-state index in [2.05, 4.69) is 0 Å². The van der Waals surface area contributed by atoms with E-state index >= 15 is 0 Å². The van der Waals surface area contributed by atoms with Gasteiger partial charge in [0.2, 0.25) is 0 Å². The van der Waals surface area contributed by atoms with Gasteiger partial charge in [0.1, 0.15) is 0 Å². The number of carbonyl (C=O) groups excluding carboxylic acids is 1. The molecular weight excluding hydrogens is 280 g/mol. The number of Topliss-reactive ketones (excluding diaryl/α,β-unsaturated/α-hetero) is 1. The lowest BCUT2D eigenvalue weighted by Crippen LogP contribution is -2.19. The number of ketones is 1. The first-order valence-corrected chi connectivity index (χ1v) is 5.86. The van der Waals surface area contributed by atoms with E-state index in [9.17, 15) is 19.2 Å². The Morgan fingerprint density at radius 1 is 0.810 bits per heavy atom. The standard InChI is InChI=1S/C14H12O7/c15-10(16)7-6-9(13(18)19)11(12(17)14(20)21)8-4-2-1-3-5-8/h1-5H,6-7H2,(H,15,16)(H,18,19)(H,20,21). The van der Waals surface area contributed by atoms with Crippen LogP contribution in [-0.2, 0) is 19.2 Å². The molecule has 110 valence electrons. The summed E-state index contributed by atoms with van der Waals surface area (Å²) in [6.07, 6.45) is -0.973. The highest BCUT2D eigenvalue weighted by Gasteiger charge is 2.26. The van der Waals surface area contributed by atoms with Crippen molar-refractivity contribution >= 4 is 29.3 Å². The fourth-order valence-electron chi connectivity index (χ4n) is 1.72. The Balaban J connectivity index is 3.45. The van der Waals surface area contributed by atoms with Crippen molar-refractivity contribution < 1.29 is 34.5 Å². The third kappa shape index (κ3) is 4.27. The Hall–Kier alpha value is -2.96. The van der Waals surface area contributed by atoms with Crippen LogP contribution in [-0.4, -0.2) is 39.0 Å². The molecule has 0 aliphatic carbocycles. The number of hydrogen-bond acceptors (Lipinski definition) is 4. The van der Waals surface area contributed by atoms with Crippen molar-refractivity contribution in [2.45, 2.75) is 12.8 Å². The maximum atomic E-state index is 11.8. The highest BCUT2D eigenvalue weighted by molar-refractivity contribution is 6.52. The monoisotopic (exact) mass is 292 g/mol. The molecule has 0 atom stereocenters. The normalized spacial score (nSPS) is 11.4. The molecule has 0 radical (unpaired) electrons. The molecule has 7 heteroatoms. The van der Waals surface area contributed by atoms with Crippen molar-refractivity contribution in [2.24, 2.45) is 0 Å². The van der Waals surface area contributed by atoms with Crippen LogP contribution in [0.25, 0.3) is 5.57 Å². The number of carbonyl (C=O) groups is 4. The molecule has 0 bridgehead atoms. The van der Waals surface area contributed by atoms with Gasteiger partial charge in [0.05, 0.1) is 0 Å². The number of carboxylic acids is 3. The zero-order chi connectivity index (χ0) is 16.0. The van der Waals surface area contributed by atoms with Gasteiger partial charge in [-0.25, -0.2) is 9.59 Å². The van der Waals surface area contributed by atoms with Crippen molar-refractivity contribution in [3.63, 3.8) is 0 Å². The molecule has 21 heavy (non-hydrogen) atoms. The van der Waals surface area contributed by atoms with Crippen molar-refractivity contribution in [3.05, 3.63) is 41.5 Å². The molecule has 0 amide bonds. The fourth-order valence-corrected chi connectivity index (χ4v) is 1.72. The van der Waals surface area contributed by atoms with Gasteiger partial charge in [-0.1, -0.05) is 30.3 Å². The first-order chi connectivity index (χ1) is 9.84. The van der Waals surface area contributed by atoms with Gasteiger partial charge in [-0.05, 0) is 12.0 Å². The van der Waals surface area contributed by atoms with E-state index in [0.717, 1.165) is 0 Å². The first kappa shape index (κ1) is 16.1. The molecule has 0 aliphatic rings. The van der Waals surface area contributed by atoms with E-state index in [1.54, 1.807) is 6.07 Å². The Labute approximate surface area is 119 Å². The summed E-state index contributed by atoms with van der Waals surface area (Å²) < 4.78 is 0. The smallest absolute Gasteiger partial charge is 0.377 e. The van der Waals surface area contributed by atoms with Gasteiger partial charge >= 0.3 is 17.9 Å². The van der Waals surface area contributed by atoms with Crippen LogP contribution in [0.15, 0.2) is 35.9 Å². The van der Waals surface area contributed by atoms with E-state index in [1.165, 1.54) is 24.3 Å². The molecule has 0 heterocycles. The van der Waals surface area contributed by atoms with Gasteiger partial charge in [-0.15, -0.1) is 0 Å². The fraction of sp³-hybridized carbons (Fsp3) is 0.143. The number of benzene rings is 1. The third-order valence-electron chi connectivity index (χ3n) is 2.63. The topological polar surface area (TPSA) is 129 Å². The molecule has 0 fully saturated rings. The van der Waals surface area contributed by atoms with Crippen LogP contribution in [0.5, 0.6) is 0 Å². The second kappa shape index (κ2) is 6.99. The minimum atomic E-state index is -1.80. The summed E-state index contributed by atoms with van der Waals surface area (Å²) in [6.45, 7) is 0. The van der Waals surface area contributed by atoms with Crippen molar-refractivity contribution in [1.82, 2.24) is 0 Å².